The van der Waals surface area contributed by atoms with E-state index >= 15 is 0 Å². The standard InChI is InChI=1S/C10H13N/c1-11(2)9-5-8-10-6-3-4-7-10/h3-9H,1-2H3/b9-5+. The van der Waals surface area contributed by atoms with Gasteiger partial charge in [-0.2, -0.15) is 0 Å². The molecule has 0 saturated carbocycles. The average molecular weight is 147 g/mol. The molecule has 1 aliphatic carbocycles. The molecule has 0 heterocycles. The summed E-state index contributed by atoms with van der Waals surface area (Å²) in [4.78, 5) is 2.01. The van der Waals surface area contributed by atoms with Crippen molar-refractivity contribution in [3.8, 4) is 0 Å². The fraction of sp³-hybridized carbons (Fsp3) is 0.200. The molecule has 1 rings (SSSR count). The molecule has 1 aliphatic rings. The van der Waals surface area contributed by atoms with Crippen LogP contribution in [-0.2, 0) is 0 Å². The molecule has 1 nitrogen and oxygen atoms in total. The number of allylic oxidation sites excluding steroid dienone is 7. The molecule has 0 fully saturated rings. The number of hydrogen-bond donors (Lipinski definition) is 0. The van der Waals surface area contributed by atoms with E-state index < -0.39 is 0 Å². The summed E-state index contributed by atoms with van der Waals surface area (Å²) in [6.45, 7) is 0. The van der Waals surface area contributed by atoms with Gasteiger partial charge in [0.2, 0.25) is 0 Å². The first-order chi connectivity index (χ1) is 5.29. The van der Waals surface area contributed by atoms with Crippen LogP contribution in [0.3, 0.4) is 0 Å². The van der Waals surface area contributed by atoms with Crippen LogP contribution >= 0.6 is 0 Å². The summed E-state index contributed by atoms with van der Waals surface area (Å²) in [5.41, 5.74) is 1.25. The Morgan fingerprint density at radius 3 is 2.36 bits per heavy atom. The van der Waals surface area contributed by atoms with Crippen molar-refractivity contribution >= 4 is 0 Å². The van der Waals surface area contributed by atoms with Crippen molar-refractivity contribution in [1.29, 1.82) is 0 Å². The Hall–Kier alpha value is -1.24. The molecule has 11 heavy (non-hydrogen) atoms. The molecule has 0 radical (unpaired) electrons. The maximum absolute atomic E-state index is 2.08. The summed E-state index contributed by atoms with van der Waals surface area (Å²) in [5.74, 6) is 0. The average Bonchev–Trinajstić information content (AvgIpc) is 2.39. The zero-order chi connectivity index (χ0) is 8.10. The van der Waals surface area contributed by atoms with E-state index in [2.05, 4.69) is 18.2 Å². The van der Waals surface area contributed by atoms with Crippen molar-refractivity contribution in [2.45, 2.75) is 0 Å². The molecular weight excluding hydrogens is 134 g/mol. The van der Waals surface area contributed by atoms with E-state index in [0.29, 0.717) is 0 Å². The normalized spacial score (nSPS) is 14.9. The van der Waals surface area contributed by atoms with Gasteiger partial charge in [-0.3, -0.25) is 0 Å². The Balaban J connectivity index is 2.47. The van der Waals surface area contributed by atoms with Gasteiger partial charge in [-0.25, -0.2) is 0 Å². The van der Waals surface area contributed by atoms with Gasteiger partial charge in [-0.05, 0) is 17.8 Å². The molecule has 58 valence electrons. The predicted molar refractivity (Wildman–Crippen MR) is 49.2 cm³/mol. The highest BCUT2D eigenvalue weighted by Crippen LogP contribution is 2.06. The number of hydrogen-bond acceptors (Lipinski definition) is 1. The van der Waals surface area contributed by atoms with E-state index in [9.17, 15) is 0 Å². The van der Waals surface area contributed by atoms with E-state index in [0.717, 1.165) is 0 Å². The number of rotatable bonds is 2. The summed E-state index contributed by atoms with van der Waals surface area (Å²) in [7, 11) is 4.02. The first-order valence-corrected chi connectivity index (χ1v) is 3.69. The lowest BCUT2D eigenvalue weighted by Gasteiger charge is -2.00. The minimum Gasteiger partial charge on any atom is -0.383 e. The molecule has 0 amide bonds. The largest absolute Gasteiger partial charge is 0.383 e. The molecule has 0 N–H and O–H groups in total. The van der Waals surface area contributed by atoms with Crippen molar-refractivity contribution in [2.24, 2.45) is 0 Å². The van der Waals surface area contributed by atoms with Crippen molar-refractivity contribution in [1.82, 2.24) is 4.90 Å². The third kappa shape index (κ3) is 2.89. The summed E-state index contributed by atoms with van der Waals surface area (Å²) in [5, 5.41) is 0. The Morgan fingerprint density at radius 2 is 1.82 bits per heavy atom. The second-order valence-corrected chi connectivity index (χ2v) is 2.69. The van der Waals surface area contributed by atoms with Gasteiger partial charge in [-0.15, -0.1) is 0 Å². The van der Waals surface area contributed by atoms with Crippen LogP contribution in [0.5, 0.6) is 0 Å². The highest BCUT2D eigenvalue weighted by atomic mass is 15.0. The van der Waals surface area contributed by atoms with Gasteiger partial charge in [0.15, 0.2) is 0 Å². The minimum atomic E-state index is 1.25. The Labute approximate surface area is 68.0 Å². The van der Waals surface area contributed by atoms with Crippen LogP contribution in [0.1, 0.15) is 0 Å². The lowest BCUT2D eigenvalue weighted by atomic mass is 10.3. The molecule has 0 bridgehead atoms. The molecule has 0 spiro atoms. The molecule has 0 atom stereocenters. The van der Waals surface area contributed by atoms with E-state index in [1.165, 1.54) is 5.57 Å². The van der Waals surface area contributed by atoms with Gasteiger partial charge in [-0.1, -0.05) is 30.4 Å². The molecular formula is C10H13N. The van der Waals surface area contributed by atoms with Gasteiger partial charge < -0.3 is 4.90 Å². The molecule has 0 aliphatic heterocycles. The van der Waals surface area contributed by atoms with E-state index in [1.807, 2.05) is 43.4 Å². The van der Waals surface area contributed by atoms with Gasteiger partial charge in [0.05, 0.1) is 0 Å². The maximum Gasteiger partial charge on any atom is 0.00556 e. The van der Waals surface area contributed by atoms with E-state index in [-0.39, 0.29) is 0 Å². The SMILES string of the molecule is CN(C)/C=C/C=C1C=CC=C1. The van der Waals surface area contributed by atoms with Gasteiger partial charge in [0, 0.05) is 14.1 Å². The van der Waals surface area contributed by atoms with Crippen LogP contribution < -0.4 is 0 Å². The molecule has 0 aromatic carbocycles. The summed E-state index contributed by atoms with van der Waals surface area (Å²) < 4.78 is 0. The molecule has 0 saturated heterocycles. The third-order valence-corrected chi connectivity index (χ3v) is 1.36. The Morgan fingerprint density at radius 1 is 1.18 bits per heavy atom. The first kappa shape index (κ1) is 7.86. The lowest BCUT2D eigenvalue weighted by Crippen LogP contribution is -1.99. The van der Waals surface area contributed by atoms with Gasteiger partial charge in [0.1, 0.15) is 0 Å². The van der Waals surface area contributed by atoms with Crippen LogP contribution in [-0.4, -0.2) is 19.0 Å². The van der Waals surface area contributed by atoms with Crippen molar-refractivity contribution in [3.05, 3.63) is 48.2 Å². The highest BCUT2D eigenvalue weighted by Gasteiger charge is 1.86. The lowest BCUT2D eigenvalue weighted by molar-refractivity contribution is 0.564. The second-order valence-electron chi connectivity index (χ2n) is 2.69. The monoisotopic (exact) mass is 147 g/mol. The Bertz CT molecular complexity index is 215. The van der Waals surface area contributed by atoms with Crippen LogP contribution in [0.4, 0.5) is 0 Å². The summed E-state index contributed by atoms with van der Waals surface area (Å²) >= 11 is 0. The van der Waals surface area contributed by atoms with Crippen molar-refractivity contribution in [2.75, 3.05) is 14.1 Å². The van der Waals surface area contributed by atoms with Gasteiger partial charge in [0.25, 0.3) is 0 Å². The van der Waals surface area contributed by atoms with Crippen molar-refractivity contribution < 1.29 is 0 Å². The zero-order valence-corrected chi connectivity index (χ0v) is 6.99. The quantitative estimate of drug-likeness (QED) is 0.578. The topological polar surface area (TPSA) is 3.24 Å². The predicted octanol–water partition coefficient (Wildman–Crippen LogP) is 2.11. The molecule has 0 aromatic rings. The van der Waals surface area contributed by atoms with E-state index in [4.69, 9.17) is 0 Å². The van der Waals surface area contributed by atoms with Gasteiger partial charge >= 0.3 is 0 Å². The zero-order valence-electron chi connectivity index (χ0n) is 6.99. The maximum atomic E-state index is 2.08. The molecule has 1 heteroatoms. The Kier molecular flexibility index (Phi) is 2.73. The second kappa shape index (κ2) is 3.81. The van der Waals surface area contributed by atoms with Crippen LogP contribution in [0.15, 0.2) is 48.2 Å². The number of nitrogens with zero attached hydrogens (tertiary/aromatic N) is 1. The third-order valence-electron chi connectivity index (χ3n) is 1.36. The van der Waals surface area contributed by atoms with Crippen molar-refractivity contribution in [3.63, 3.8) is 0 Å². The minimum absolute atomic E-state index is 1.25. The smallest absolute Gasteiger partial charge is 0.00556 e. The fourth-order valence-corrected chi connectivity index (χ4v) is 0.826. The first-order valence-electron chi connectivity index (χ1n) is 3.69. The van der Waals surface area contributed by atoms with Crippen LogP contribution in [0.2, 0.25) is 0 Å². The summed E-state index contributed by atoms with van der Waals surface area (Å²) in [6, 6.07) is 0. The molecule has 0 unspecified atom stereocenters. The fourth-order valence-electron chi connectivity index (χ4n) is 0.826. The molecule has 0 aromatic heterocycles. The summed E-state index contributed by atoms with van der Waals surface area (Å²) in [6.07, 6.45) is 14.4. The van der Waals surface area contributed by atoms with E-state index in [1.54, 1.807) is 0 Å². The van der Waals surface area contributed by atoms with Crippen LogP contribution in [0, 0.1) is 0 Å². The van der Waals surface area contributed by atoms with Crippen LogP contribution in [0.25, 0.3) is 0 Å². The highest BCUT2D eigenvalue weighted by molar-refractivity contribution is 5.41.